The van der Waals surface area contributed by atoms with Gasteiger partial charge in [0.15, 0.2) is 0 Å². The molecule has 0 aromatic carbocycles. The Hall–Kier alpha value is -2.63. The predicted molar refractivity (Wildman–Crippen MR) is 141 cm³/mol. The molecule has 11 nitrogen and oxygen atoms in total. The Kier molecular flexibility index (Phi) is 9.83. The maximum absolute atomic E-state index is 13.6. The van der Waals surface area contributed by atoms with Gasteiger partial charge in [-0.3, -0.25) is 19.1 Å². The molecule has 0 radical (unpaired) electrons. The van der Waals surface area contributed by atoms with Crippen molar-refractivity contribution in [2.45, 2.75) is 114 Å². The third kappa shape index (κ3) is 8.44. The minimum absolute atomic E-state index is 0.339. The molecule has 4 atom stereocenters. The van der Waals surface area contributed by atoms with Crippen LogP contribution in [0.1, 0.15) is 85.5 Å². The van der Waals surface area contributed by atoms with Crippen molar-refractivity contribution in [2.24, 2.45) is 5.92 Å². The highest BCUT2D eigenvalue weighted by Gasteiger charge is 2.42. The standard InChI is InChI=1S/C26H42N4O7S/c1-17-11-8-6-5-7-9-12-19(27-25(34)37-26(2,3)4)24(33)30-16-10-13-20(30)22(31)28-21(17)23(32)29-38(35,36)18-14-15-18/h8,11,17-21H,5-7,9-10,12-16H2,1-4H3,(H,27,34)(H,28,31)(H,29,32)/b11-8-/t17?,19-,20-,21+/m0/s1. The summed E-state index contributed by atoms with van der Waals surface area (Å²) in [5.41, 5.74) is -0.728. The smallest absolute Gasteiger partial charge is 0.408 e. The highest BCUT2D eigenvalue weighted by molar-refractivity contribution is 7.90. The Morgan fingerprint density at radius 2 is 1.76 bits per heavy atom. The molecule has 1 saturated carbocycles. The molecule has 214 valence electrons. The van der Waals surface area contributed by atoms with E-state index in [9.17, 15) is 27.6 Å². The fraction of sp³-hybridized carbons (Fsp3) is 0.769. The van der Waals surface area contributed by atoms with Crippen LogP contribution >= 0.6 is 0 Å². The Bertz CT molecular complexity index is 1030. The molecule has 4 amide bonds. The van der Waals surface area contributed by atoms with Gasteiger partial charge in [0, 0.05) is 12.5 Å². The van der Waals surface area contributed by atoms with Gasteiger partial charge in [-0.2, -0.15) is 0 Å². The number of rotatable bonds is 4. The third-order valence-electron chi connectivity index (χ3n) is 6.94. The number of hydrogen-bond acceptors (Lipinski definition) is 7. The first kappa shape index (κ1) is 29.9. The molecule has 0 aromatic rings. The molecule has 0 bridgehead atoms. The summed E-state index contributed by atoms with van der Waals surface area (Å²) in [5, 5.41) is 4.84. The van der Waals surface area contributed by atoms with Crippen LogP contribution < -0.4 is 15.4 Å². The van der Waals surface area contributed by atoms with E-state index >= 15 is 0 Å². The van der Waals surface area contributed by atoms with Crippen molar-refractivity contribution < 1.29 is 32.3 Å². The van der Waals surface area contributed by atoms with E-state index in [1.165, 1.54) is 4.90 Å². The molecule has 0 spiro atoms. The van der Waals surface area contributed by atoms with Gasteiger partial charge >= 0.3 is 6.09 Å². The lowest BCUT2D eigenvalue weighted by molar-refractivity contribution is -0.141. The van der Waals surface area contributed by atoms with E-state index < -0.39 is 62.8 Å². The lowest BCUT2D eigenvalue weighted by Gasteiger charge is -2.31. The molecule has 1 unspecified atom stereocenters. The predicted octanol–water partition coefficient (Wildman–Crippen LogP) is 2.12. The molecule has 12 heteroatoms. The van der Waals surface area contributed by atoms with Crippen molar-refractivity contribution in [3.05, 3.63) is 12.2 Å². The van der Waals surface area contributed by atoms with Gasteiger partial charge in [-0.25, -0.2) is 13.2 Å². The van der Waals surface area contributed by atoms with Crippen molar-refractivity contribution in [3.63, 3.8) is 0 Å². The van der Waals surface area contributed by atoms with Gasteiger partial charge < -0.3 is 20.3 Å². The van der Waals surface area contributed by atoms with Gasteiger partial charge in [0.25, 0.3) is 5.91 Å². The SMILES string of the molecule is CC1/C=C\CCCCC[C@H](NC(=O)OC(C)(C)C)C(=O)N2CCC[C@H]2C(=O)N[C@H]1C(=O)NS(=O)(=O)C1CC1. The highest BCUT2D eigenvalue weighted by Crippen LogP contribution is 2.28. The first-order chi connectivity index (χ1) is 17.8. The summed E-state index contributed by atoms with van der Waals surface area (Å²) in [6.07, 6.45) is 8.54. The van der Waals surface area contributed by atoms with Crippen LogP contribution in [0.4, 0.5) is 4.79 Å². The molecule has 3 rings (SSSR count). The lowest BCUT2D eigenvalue weighted by atomic mass is 9.99. The maximum Gasteiger partial charge on any atom is 0.408 e. The number of fused-ring (bicyclic) bond motifs is 1. The van der Waals surface area contributed by atoms with Crippen LogP contribution in [-0.4, -0.2) is 72.7 Å². The number of carbonyl (C=O) groups excluding carboxylic acids is 4. The second kappa shape index (κ2) is 12.5. The van der Waals surface area contributed by atoms with Gasteiger partial charge in [0.05, 0.1) is 5.25 Å². The number of nitrogens with zero attached hydrogens (tertiary/aromatic N) is 1. The van der Waals surface area contributed by atoms with Crippen molar-refractivity contribution in [3.8, 4) is 0 Å². The number of carbonyl (C=O) groups is 4. The number of allylic oxidation sites excluding steroid dienone is 1. The van der Waals surface area contributed by atoms with E-state index in [1.807, 2.05) is 12.2 Å². The zero-order valence-corrected chi connectivity index (χ0v) is 23.6. The summed E-state index contributed by atoms with van der Waals surface area (Å²) in [4.78, 5) is 54.0. The summed E-state index contributed by atoms with van der Waals surface area (Å²) < 4.78 is 32.3. The van der Waals surface area contributed by atoms with E-state index in [0.29, 0.717) is 45.1 Å². The number of nitrogens with one attached hydrogen (secondary N) is 3. The van der Waals surface area contributed by atoms with Gasteiger partial charge in [-0.15, -0.1) is 0 Å². The summed E-state index contributed by atoms with van der Waals surface area (Å²) in [6.45, 7) is 7.31. The molecule has 3 N–H and O–H groups in total. The molecule has 38 heavy (non-hydrogen) atoms. The van der Waals surface area contributed by atoms with E-state index in [2.05, 4.69) is 15.4 Å². The number of sulfonamides is 1. The minimum Gasteiger partial charge on any atom is -0.444 e. The van der Waals surface area contributed by atoms with Gasteiger partial charge in [-0.1, -0.05) is 31.9 Å². The number of ether oxygens (including phenoxy) is 1. The molecule has 2 fully saturated rings. The largest absolute Gasteiger partial charge is 0.444 e. The van der Waals surface area contributed by atoms with E-state index in [0.717, 1.165) is 19.3 Å². The van der Waals surface area contributed by atoms with Crippen LogP contribution in [0.2, 0.25) is 0 Å². The average Bonchev–Trinajstić information content (AvgIpc) is 3.56. The molecule has 2 heterocycles. The van der Waals surface area contributed by atoms with Crippen LogP contribution in [-0.2, 0) is 29.1 Å². The van der Waals surface area contributed by atoms with Crippen LogP contribution in [0.3, 0.4) is 0 Å². The Morgan fingerprint density at radius 1 is 1.05 bits per heavy atom. The Labute approximate surface area is 225 Å². The van der Waals surface area contributed by atoms with Crippen LogP contribution in [0, 0.1) is 5.92 Å². The lowest BCUT2D eigenvalue weighted by Crippen LogP contribution is -2.58. The molecule has 1 aliphatic carbocycles. The van der Waals surface area contributed by atoms with Gasteiger partial charge in [0.1, 0.15) is 23.7 Å². The summed E-state index contributed by atoms with van der Waals surface area (Å²) in [5.74, 6) is -2.14. The highest BCUT2D eigenvalue weighted by atomic mass is 32.2. The quantitative estimate of drug-likeness (QED) is 0.450. The first-order valence-electron chi connectivity index (χ1n) is 13.6. The Balaban J connectivity index is 1.81. The summed E-state index contributed by atoms with van der Waals surface area (Å²) >= 11 is 0. The van der Waals surface area contributed by atoms with E-state index in [4.69, 9.17) is 4.74 Å². The number of amides is 4. The molecule has 0 aromatic heterocycles. The van der Waals surface area contributed by atoms with Crippen molar-refractivity contribution in [2.75, 3.05) is 6.54 Å². The molecule has 2 aliphatic heterocycles. The van der Waals surface area contributed by atoms with Crippen molar-refractivity contribution >= 4 is 33.8 Å². The van der Waals surface area contributed by atoms with Crippen LogP contribution in [0.25, 0.3) is 0 Å². The van der Waals surface area contributed by atoms with E-state index in [1.54, 1.807) is 27.7 Å². The average molecular weight is 555 g/mol. The molecular weight excluding hydrogens is 512 g/mol. The zero-order chi connectivity index (χ0) is 28.1. The van der Waals surface area contributed by atoms with Gasteiger partial charge in [-0.05, 0) is 65.7 Å². The monoisotopic (exact) mass is 554 g/mol. The third-order valence-corrected chi connectivity index (χ3v) is 8.78. The second-order valence-electron chi connectivity index (χ2n) is 11.5. The van der Waals surface area contributed by atoms with Crippen molar-refractivity contribution in [1.29, 1.82) is 0 Å². The van der Waals surface area contributed by atoms with Crippen LogP contribution in [0.15, 0.2) is 12.2 Å². The van der Waals surface area contributed by atoms with Gasteiger partial charge in [0.2, 0.25) is 21.8 Å². The first-order valence-corrected chi connectivity index (χ1v) is 15.2. The fourth-order valence-electron chi connectivity index (χ4n) is 4.77. The number of alkyl carbamates (subject to hydrolysis) is 1. The topological polar surface area (TPSA) is 151 Å². The second-order valence-corrected chi connectivity index (χ2v) is 13.5. The van der Waals surface area contributed by atoms with Crippen molar-refractivity contribution in [1.82, 2.24) is 20.3 Å². The fourth-order valence-corrected chi connectivity index (χ4v) is 6.10. The minimum atomic E-state index is -3.79. The molecular formula is C26H42N4O7S. The Morgan fingerprint density at radius 3 is 2.42 bits per heavy atom. The maximum atomic E-state index is 13.6. The summed E-state index contributed by atoms with van der Waals surface area (Å²) in [7, 11) is -3.79. The normalized spacial score (nSPS) is 28.8. The zero-order valence-electron chi connectivity index (χ0n) is 22.8. The molecule has 1 saturated heterocycles. The van der Waals surface area contributed by atoms with Crippen LogP contribution in [0.5, 0.6) is 0 Å². The molecule has 3 aliphatic rings. The van der Waals surface area contributed by atoms with E-state index in [-0.39, 0.29) is 5.91 Å². The number of hydrogen-bond donors (Lipinski definition) is 3. The summed E-state index contributed by atoms with van der Waals surface area (Å²) in [6, 6.07) is -2.80.